The summed E-state index contributed by atoms with van der Waals surface area (Å²) >= 11 is 0. The molecule has 7 heteroatoms. The molecular formula is C21H22N4O3. The van der Waals surface area contributed by atoms with E-state index in [-0.39, 0.29) is 12.2 Å². The lowest BCUT2D eigenvalue weighted by Gasteiger charge is -2.20. The third kappa shape index (κ3) is 4.11. The van der Waals surface area contributed by atoms with Crippen LogP contribution < -0.4 is 0 Å². The average Bonchev–Trinajstić information content (AvgIpc) is 3.38. The molecule has 0 unspecified atom stereocenters. The van der Waals surface area contributed by atoms with E-state index in [9.17, 15) is 4.79 Å². The maximum Gasteiger partial charge on any atom is 0.337 e. The first-order valence-electron chi connectivity index (χ1n) is 9.20. The lowest BCUT2D eigenvalue weighted by atomic mass is 10.1. The number of hydrogen-bond acceptors (Lipinski definition) is 6. The zero-order valence-electron chi connectivity index (χ0n) is 15.7. The number of aromatic nitrogens is 3. The Morgan fingerprint density at radius 3 is 2.61 bits per heavy atom. The van der Waals surface area contributed by atoms with E-state index in [0.717, 1.165) is 24.3 Å². The van der Waals surface area contributed by atoms with Crippen molar-refractivity contribution < 1.29 is 14.3 Å². The summed E-state index contributed by atoms with van der Waals surface area (Å²) in [5, 5.41) is 8.56. The molecule has 0 N–H and O–H groups in total. The van der Waals surface area contributed by atoms with Gasteiger partial charge in [-0.2, -0.15) is 0 Å². The zero-order chi connectivity index (χ0) is 19.3. The fourth-order valence-electron chi connectivity index (χ4n) is 3.31. The monoisotopic (exact) mass is 378 g/mol. The van der Waals surface area contributed by atoms with E-state index in [4.69, 9.17) is 9.47 Å². The number of carbonyl (C=O) groups is 1. The minimum atomic E-state index is -0.341. The molecule has 4 rings (SSSR count). The quantitative estimate of drug-likeness (QED) is 0.614. The number of esters is 1. The molecule has 1 saturated heterocycles. The fourth-order valence-corrected chi connectivity index (χ4v) is 3.31. The highest BCUT2D eigenvalue weighted by Gasteiger charge is 2.29. The van der Waals surface area contributed by atoms with Crippen molar-refractivity contribution in [1.29, 1.82) is 0 Å². The Hall–Kier alpha value is -3.03. The molecule has 1 aromatic heterocycles. The number of rotatable bonds is 6. The first kappa shape index (κ1) is 18.3. The summed E-state index contributed by atoms with van der Waals surface area (Å²) < 4.78 is 12.4. The van der Waals surface area contributed by atoms with Gasteiger partial charge in [0.2, 0.25) is 0 Å². The van der Waals surface area contributed by atoms with Crippen LogP contribution in [0.4, 0.5) is 0 Å². The zero-order valence-corrected chi connectivity index (χ0v) is 15.7. The predicted molar refractivity (Wildman–Crippen MR) is 102 cm³/mol. The maximum atomic E-state index is 11.5. The molecule has 28 heavy (non-hydrogen) atoms. The second kappa shape index (κ2) is 8.33. The lowest BCUT2D eigenvalue weighted by molar-refractivity contribution is 0.0252. The van der Waals surface area contributed by atoms with Gasteiger partial charge in [-0.15, -0.1) is 5.10 Å². The Balaban J connectivity index is 1.42. The van der Waals surface area contributed by atoms with E-state index < -0.39 is 0 Å². The number of carbonyl (C=O) groups excluding carboxylic acids is 1. The van der Waals surface area contributed by atoms with Crippen LogP contribution in [0, 0.1) is 0 Å². The second-order valence-electron chi connectivity index (χ2n) is 6.71. The summed E-state index contributed by atoms with van der Waals surface area (Å²) in [7, 11) is 1.37. The Kier molecular flexibility index (Phi) is 5.45. The highest BCUT2D eigenvalue weighted by atomic mass is 16.5. The predicted octanol–water partition coefficient (Wildman–Crippen LogP) is 2.64. The van der Waals surface area contributed by atoms with Crippen LogP contribution in [0.25, 0.3) is 0 Å². The van der Waals surface area contributed by atoms with Crippen molar-refractivity contribution in [2.24, 2.45) is 0 Å². The summed E-state index contributed by atoms with van der Waals surface area (Å²) in [4.78, 5) is 13.8. The standard InChI is InChI=1S/C21H22N4O3/c1-27-21(26)18-9-7-17(8-10-18)14-25-15-19(22-23-25)20-24(11-12-28-20)13-16-5-3-2-4-6-16/h2-10,15,20H,11-14H2,1H3/t20-/m1/s1. The van der Waals surface area contributed by atoms with Crippen LogP contribution in [0.15, 0.2) is 60.8 Å². The number of ether oxygens (including phenoxy) is 2. The minimum absolute atomic E-state index is 0.185. The second-order valence-corrected chi connectivity index (χ2v) is 6.71. The van der Waals surface area contributed by atoms with Crippen LogP contribution in [0.2, 0.25) is 0 Å². The summed E-state index contributed by atoms with van der Waals surface area (Å²) in [5.74, 6) is -0.341. The molecule has 0 radical (unpaired) electrons. The summed E-state index contributed by atoms with van der Waals surface area (Å²) in [5.41, 5.74) is 3.61. The third-order valence-corrected chi connectivity index (χ3v) is 4.74. The van der Waals surface area contributed by atoms with E-state index in [0.29, 0.717) is 18.7 Å². The largest absolute Gasteiger partial charge is 0.465 e. The fraction of sp³-hybridized carbons (Fsp3) is 0.286. The van der Waals surface area contributed by atoms with Crippen molar-refractivity contribution in [3.05, 3.63) is 83.2 Å². The van der Waals surface area contributed by atoms with Gasteiger partial charge in [0, 0.05) is 13.1 Å². The van der Waals surface area contributed by atoms with Crippen molar-refractivity contribution in [2.45, 2.75) is 19.3 Å². The maximum absolute atomic E-state index is 11.5. The van der Waals surface area contributed by atoms with Crippen LogP contribution in [0.3, 0.4) is 0 Å². The molecule has 1 atom stereocenters. The van der Waals surface area contributed by atoms with Gasteiger partial charge in [0.1, 0.15) is 5.69 Å². The van der Waals surface area contributed by atoms with Gasteiger partial charge in [0.05, 0.1) is 32.0 Å². The molecule has 1 aliphatic rings. The van der Waals surface area contributed by atoms with Crippen LogP contribution in [0.1, 0.15) is 33.4 Å². The minimum Gasteiger partial charge on any atom is -0.465 e. The first-order valence-corrected chi connectivity index (χ1v) is 9.20. The molecule has 0 aliphatic carbocycles. The molecule has 2 heterocycles. The molecule has 2 aromatic carbocycles. The number of nitrogens with zero attached hydrogens (tertiary/aromatic N) is 4. The Bertz CT molecular complexity index is 924. The van der Waals surface area contributed by atoms with Crippen LogP contribution in [-0.4, -0.2) is 46.1 Å². The molecule has 144 valence electrons. The summed E-state index contributed by atoms with van der Waals surface area (Å²) in [6.07, 6.45) is 1.73. The Morgan fingerprint density at radius 1 is 1.11 bits per heavy atom. The highest BCUT2D eigenvalue weighted by Crippen LogP contribution is 2.27. The molecule has 0 saturated carbocycles. The van der Waals surface area contributed by atoms with Crippen molar-refractivity contribution >= 4 is 5.97 Å². The van der Waals surface area contributed by atoms with Crippen molar-refractivity contribution in [2.75, 3.05) is 20.3 Å². The van der Waals surface area contributed by atoms with Crippen LogP contribution in [-0.2, 0) is 22.6 Å². The van der Waals surface area contributed by atoms with Gasteiger partial charge in [-0.1, -0.05) is 47.7 Å². The number of methoxy groups -OCH3 is 1. The van der Waals surface area contributed by atoms with Crippen LogP contribution in [0.5, 0.6) is 0 Å². The van der Waals surface area contributed by atoms with Gasteiger partial charge < -0.3 is 9.47 Å². The number of benzene rings is 2. The van der Waals surface area contributed by atoms with E-state index >= 15 is 0 Å². The van der Waals surface area contributed by atoms with Gasteiger partial charge in [0.15, 0.2) is 6.23 Å². The van der Waals surface area contributed by atoms with Crippen molar-refractivity contribution in [1.82, 2.24) is 19.9 Å². The normalized spacial score (nSPS) is 17.0. The van der Waals surface area contributed by atoms with Gasteiger partial charge in [-0.05, 0) is 23.3 Å². The van der Waals surface area contributed by atoms with E-state index in [1.54, 1.807) is 16.8 Å². The lowest BCUT2D eigenvalue weighted by Crippen LogP contribution is -2.23. The van der Waals surface area contributed by atoms with Crippen molar-refractivity contribution in [3.63, 3.8) is 0 Å². The number of hydrogen-bond donors (Lipinski definition) is 0. The Morgan fingerprint density at radius 2 is 1.86 bits per heavy atom. The molecule has 1 fully saturated rings. The SMILES string of the molecule is COC(=O)c1ccc(Cn2cc([C@H]3OCCN3Cc3ccccc3)nn2)cc1. The Labute approximate surface area is 163 Å². The van der Waals surface area contributed by atoms with Crippen molar-refractivity contribution in [3.8, 4) is 0 Å². The molecule has 7 nitrogen and oxygen atoms in total. The summed E-state index contributed by atoms with van der Waals surface area (Å²) in [6.45, 7) is 2.92. The van der Waals surface area contributed by atoms with Gasteiger partial charge in [-0.3, -0.25) is 4.90 Å². The van der Waals surface area contributed by atoms with Crippen LogP contribution >= 0.6 is 0 Å². The molecule has 0 amide bonds. The van der Waals surface area contributed by atoms with Gasteiger partial charge in [0.25, 0.3) is 0 Å². The van der Waals surface area contributed by atoms with E-state index in [1.807, 2.05) is 36.5 Å². The first-order chi connectivity index (χ1) is 13.7. The molecule has 1 aliphatic heterocycles. The van der Waals surface area contributed by atoms with E-state index in [2.05, 4.69) is 27.3 Å². The van der Waals surface area contributed by atoms with Gasteiger partial charge in [-0.25, -0.2) is 9.48 Å². The smallest absolute Gasteiger partial charge is 0.337 e. The molecule has 0 bridgehead atoms. The molecule has 0 spiro atoms. The average molecular weight is 378 g/mol. The van der Waals surface area contributed by atoms with E-state index in [1.165, 1.54) is 12.7 Å². The molecular weight excluding hydrogens is 356 g/mol. The molecule has 3 aromatic rings. The highest BCUT2D eigenvalue weighted by molar-refractivity contribution is 5.89. The summed E-state index contributed by atoms with van der Waals surface area (Å²) in [6, 6.07) is 17.6. The third-order valence-electron chi connectivity index (χ3n) is 4.74. The topological polar surface area (TPSA) is 69.5 Å². The van der Waals surface area contributed by atoms with Gasteiger partial charge >= 0.3 is 5.97 Å².